The number of hydrogen-bond acceptors (Lipinski definition) is 7. The lowest BCUT2D eigenvalue weighted by Gasteiger charge is -2.14. The minimum Gasteiger partial charge on any atom is -0.496 e. The van der Waals surface area contributed by atoms with Crippen LogP contribution in [0.3, 0.4) is 0 Å². The molecule has 0 unspecified atom stereocenters. The lowest BCUT2D eigenvalue weighted by Crippen LogP contribution is -2.33. The Morgan fingerprint density at radius 2 is 1.79 bits per heavy atom. The van der Waals surface area contributed by atoms with E-state index in [1.54, 1.807) is 13.2 Å². The summed E-state index contributed by atoms with van der Waals surface area (Å²) in [5.41, 5.74) is 2.13. The number of carboxylic acids is 1. The molecule has 2 aliphatic rings. The molecule has 0 amide bonds. The van der Waals surface area contributed by atoms with Crippen molar-refractivity contribution in [2.75, 3.05) is 33.3 Å². The molecule has 8 nitrogen and oxygen atoms in total. The van der Waals surface area contributed by atoms with E-state index in [0.717, 1.165) is 42.4 Å². The van der Waals surface area contributed by atoms with Crippen molar-refractivity contribution in [3.8, 4) is 16.2 Å². The first kappa shape index (κ1) is 30.4. The highest BCUT2D eigenvalue weighted by Gasteiger charge is 2.38. The van der Waals surface area contributed by atoms with E-state index in [4.69, 9.17) is 14.6 Å². The summed E-state index contributed by atoms with van der Waals surface area (Å²) in [6.07, 6.45) is 2.45. The molecule has 212 valence electrons. The second-order valence-electron chi connectivity index (χ2n) is 9.27. The number of nitrogens with zero attached hydrogens (tertiary/aromatic N) is 1. The van der Waals surface area contributed by atoms with E-state index in [0.29, 0.717) is 16.8 Å². The molecule has 1 aliphatic carbocycles. The highest BCUT2D eigenvalue weighted by molar-refractivity contribution is 7.91. The lowest BCUT2D eigenvalue weighted by atomic mass is 10.1. The number of aliphatic carboxylic acids is 1. The highest BCUT2D eigenvalue weighted by Crippen LogP contribution is 2.37. The van der Waals surface area contributed by atoms with Gasteiger partial charge in [-0.3, -0.25) is 0 Å². The monoisotopic (exact) mass is 577 g/mol. The van der Waals surface area contributed by atoms with E-state index >= 15 is 0 Å². The van der Waals surface area contributed by atoms with Crippen molar-refractivity contribution in [3.05, 3.63) is 35.9 Å². The smallest absolute Gasteiger partial charge is 0.490 e. The number of alkyl halides is 3. The number of methoxy groups -OCH3 is 1. The number of carboxylic acid groups (broad SMARTS) is 1. The van der Waals surface area contributed by atoms with E-state index in [1.165, 1.54) is 55.4 Å². The van der Waals surface area contributed by atoms with Crippen LogP contribution in [0, 0.1) is 0 Å². The van der Waals surface area contributed by atoms with E-state index < -0.39 is 22.2 Å². The quantitative estimate of drug-likeness (QED) is 0.383. The molecule has 0 atom stereocenters. The molecular weight excluding hydrogens is 543 g/mol. The topological polar surface area (TPSA) is 108 Å². The molecule has 1 aromatic carbocycles. The molecule has 2 aromatic rings. The Kier molecular flexibility index (Phi) is 11.0. The molecule has 2 fully saturated rings. The van der Waals surface area contributed by atoms with Crippen molar-refractivity contribution in [2.45, 2.75) is 61.5 Å². The fourth-order valence-electron chi connectivity index (χ4n) is 4.47. The average molecular weight is 578 g/mol. The number of hydrogen-bond donors (Lipinski definition) is 3. The summed E-state index contributed by atoms with van der Waals surface area (Å²) in [7, 11) is -1.85. The Morgan fingerprint density at radius 3 is 2.39 bits per heavy atom. The zero-order chi connectivity index (χ0) is 27.8. The highest BCUT2D eigenvalue weighted by atomic mass is 32.2. The van der Waals surface area contributed by atoms with E-state index in [1.807, 2.05) is 12.1 Å². The van der Waals surface area contributed by atoms with Crippen LogP contribution >= 0.6 is 11.3 Å². The number of ether oxygens (including phenoxy) is 1. The second kappa shape index (κ2) is 13.7. The van der Waals surface area contributed by atoms with Crippen molar-refractivity contribution in [1.29, 1.82) is 0 Å². The predicted molar refractivity (Wildman–Crippen MR) is 140 cm³/mol. The molecule has 1 aromatic heterocycles. The van der Waals surface area contributed by atoms with Gasteiger partial charge in [0.1, 0.15) is 9.96 Å². The molecule has 1 aliphatic heterocycles. The Balaban J connectivity index is 0.000000505. The molecule has 4 rings (SSSR count). The van der Waals surface area contributed by atoms with Gasteiger partial charge in [0.2, 0.25) is 10.0 Å². The number of halogens is 3. The van der Waals surface area contributed by atoms with Crippen molar-refractivity contribution in [3.63, 3.8) is 0 Å². The van der Waals surface area contributed by atoms with Gasteiger partial charge in [0.05, 0.1) is 7.11 Å². The van der Waals surface area contributed by atoms with Crippen LogP contribution in [0.25, 0.3) is 10.4 Å². The third-order valence-electron chi connectivity index (χ3n) is 6.49. The van der Waals surface area contributed by atoms with Gasteiger partial charge in [0.15, 0.2) is 0 Å². The number of sulfonamides is 1. The number of likely N-dealkylation sites (tertiary alicyclic amines) is 1. The van der Waals surface area contributed by atoms with Crippen LogP contribution in [0.15, 0.2) is 34.5 Å². The first-order valence-corrected chi connectivity index (χ1v) is 14.8. The summed E-state index contributed by atoms with van der Waals surface area (Å²) in [4.78, 5) is 12.1. The largest absolute Gasteiger partial charge is 0.496 e. The Morgan fingerprint density at radius 1 is 1.13 bits per heavy atom. The van der Waals surface area contributed by atoms with Crippen molar-refractivity contribution < 1.29 is 36.2 Å². The summed E-state index contributed by atoms with van der Waals surface area (Å²) in [5, 5.41) is 10.8. The summed E-state index contributed by atoms with van der Waals surface area (Å²) in [6, 6.07) is 10.4. The first-order valence-electron chi connectivity index (χ1n) is 12.5. The number of rotatable bonds is 10. The Labute approximate surface area is 225 Å². The summed E-state index contributed by atoms with van der Waals surface area (Å²) in [6.45, 7) is 4.16. The number of benzene rings is 1. The van der Waals surface area contributed by atoms with Crippen LogP contribution in [-0.4, -0.2) is 69.9 Å². The van der Waals surface area contributed by atoms with Gasteiger partial charge in [0, 0.05) is 36.1 Å². The van der Waals surface area contributed by atoms with Crippen LogP contribution in [0.2, 0.25) is 0 Å². The molecule has 38 heavy (non-hydrogen) atoms. The van der Waals surface area contributed by atoms with Gasteiger partial charge >= 0.3 is 12.1 Å². The number of thiophene rings is 1. The molecule has 0 bridgehead atoms. The van der Waals surface area contributed by atoms with E-state index in [2.05, 4.69) is 27.1 Å². The SMILES string of the molecule is COc1ccc(CNC2CCCC2)cc1-c1ccc(S(=O)(=O)NCCN2CCCC2)s1.O=C(O)C(F)(F)F. The van der Waals surface area contributed by atoms with Crippen molar-refractivity contribution in [2.24, 2.45) is 0 Å². The van der Waals surface area contributed by atoms with Crippen LogP contribution in [0.1, 0.15) is 44.1 Å². The van der Waals surface area contributed by atoms with Crippen LogP contribution in [0.4, 0.5) is 13.2 Å². The lowest BCUT2D eigenvalue weighted by molar-refractivity contribution is -0.192. The molecule has 2 heterocycles. The Bertz CT molecular complexity index is 1160. The fourth-order valence-corrected chi connectivity index (χ4v) is 6.87. The molecule has 0 radical (unpaired) electrons. The van der Waals surface area contributed by atoms with Gasteiger partial charge in [-0.2, -0.15) is 13.2 Å². The van der Waals surface area contributed by atoms with Gasteiger partial charge in [0.25, 0.3) is 0 Å². The van der Waals surface area contributed by atoms with Crippen molar-refractivity contribution >= 4 is 27.3 Å². The molecule has 13 heteroatoms. The summed E-state index contributed by atoms with van der Waals surface area (Å²) < 4.78 is 65.9. The van der Waals surface area contributed by atoms with E-state index in [9.17, 15) is 21.6 Å². The van der Waals surface area contributed by atoms with Gasteiger partial charge in [-0.25, -0.2) is 17.9 Å². The predicted octanol–water partition coefficient (Wildman–Crippen LogP) is 4.46. The van der Waals surface area contributed by atoms with Gasteiger partial charge in [-0.15, -0.1) is 11.3 Å². The molecule has 1 saturated heterocycles. The van der Waals surface area contributed by atoms with Gasteiger partial charge in [-0.05, 0) is 68.6 Å². The normalized spacial score (nSPS) is 16.8. The van der Waals surface area contributed by atoms with Crippen LogP contribution in [-0.2, 0) is 21.4 Å². The maximum atomic E-state index is 12.8. The van der Waals surface area contributed by atoms with Crippen LogP contribution < -0.4 is 14.8 Å². The minimum atomic E-state index is -5.08. The first-order chi connectivity index (χ1) is 18.0. The third-order valence-corrected chi connectivity index (χ3v) is 9.56. The fraction of sp³-hybridized carbons (Fsp3) is 0.560. The van der Waals surface area contributed by atoms with E-state index in [-0.39, 0.29) is 0 Å². The summed E-state index contributed by atoms with van der Waals surface area (Å²) >= 11 is 1.29. The zero-order valence-corrected chi connectivity index (χ0v) is 22.9. The maximum absolute atomic E-state index is 12.8. The number of nitrogens with one attached hydrogen (secondary N) is 2. The summed E-state index contributed by atoms with van der Waals surface area (Å²) in [5.74, 6) is -2.00. The molecule has 3 N–H and O–H groups in total. The van der Waals surface area contributed by atoms with Gasteiger partial charge in [-0.1, -0.05) is 18.9 Å². The third kappa shape index (κ3) is 8.94. The number of carbonyl (C=O) groups is 1. The Hall–Kier alpha value is -2.19. The van der Waals surface area contributed by atoms with Gasteiger partial charge < -0.3 is 20.1 Å². The van der Waals surface area contributed by atoms with Crippen LogP contribution in [0.5, 0.6) is 5.75 Å². The van der Waals surface area contributed by atoms with Crippen molar-refractivity contribution in [1.82, 2.24) is 14.9 Å². The molecule has 1 saturated carbocycles. The molecular formula is C25H34F3N3O5S2. The second-order valence-corrected chi connectivity index (χ2v) is 12.3. The standard InChI is InChI=1S/C23H33N3O3S2.C2HF3O2/c1-29-21-9-8-18(17-24-19-6-2-3-7-19)16-20(21)22-10-11-23(30-22)31(27,28)25-12-15-26-13-4-5-14-26;3-2(4,5)1(6)7/h8-11,16,19,24-25H,2-7,12-15,17H2,1H3;(H,6,7). The average Bonchev–Trinajstić information content (AvgIpc) is 3.65. The zero-order valence-electron chi connectivity index (χ0n) is 21.2. The maximum Gasteiger partial charge on any atom is 0.490 e. The molecule has 0 spiro atoms. The minimum absolute atomic E-state index is 0.348.